The number of hydrogen-bond donors (Lipinski definition) is 0. The van der Waals surface area contributed by atoms with Gasteiger partial charge < -0.3 is 0 Å². The maximum absolute atomic E-state index is 11.9. The van der Waals surface area contributed by atoms with Crippen molar-refractivity contribution < 1.29 is 4.79 Å². The fourth-order valence-electron chi connectivity index (χ4n) is 3.95. The highest BCUT2D eigenvalue weighted by Gasteiger charge is 2.11. The van der Waals surface area contributed by atoms with Crippen LogP contribution in [-0.4, -0.2) is 6.29 Å². The van der Waals surface area contributed by atoms with Gasteiger partial charge in [0.25, 0.3) is 0 Å². The molecule has 5 aromatic carbocycles. The Hall–Kier alpha value is -4.41. The molecule has 0 heterocycles. The van der Waals surface area contributed by atoms with Crippen LogP contribution in [0, 0.1) is 11.8 Å². The lowest BCUT2D eigenvalue weighted by molar-refractivity contribution is 0.112. The predicted molar refractivity (Wildman–Crippen MR) is 133 cm³/mol. The quantitative estimate of drug-likeness (QED) is 0.225. The first kappa shape index (κ1) is 19.5. The lowest BCUT2D eigenvalue weighted by atomic mass is 9.90. The van der Waals surface area contributed by atoms with Crippen LogP contribution < -0.4 is 0 Å². The fraction of sp³-hybridized carbons (Fsp3) is 0. The summed E-state index contributed by atoms with van der Waals surface area (Å²) in [7, 11) is 0. The second kappa shape index (κ2) is 8.76. The summed E-state index contributed by atoms with van der Waals surface area (Å²) in [6.07, 6.45) is 0.891. The number of rotatable bonds is 3. The van der Waals surface area contributed by atoms with Gasteiger partial charge in [0, 0.05) is 16.7 Å². The third kappa shape index (κ3) is 3.95. The molecule has 0 fully saturated rings. The molecular formula is C31H20O. The number of carbonyl (C=O) groups is 1. The zero-order chi connectivity index (χ0) is 21.8. The van der Waals surface area contributed by atoms with Gasteiger partial charge in [-0.05, 0) is 69.4 Å². The zero-order valence-electron chi connectivity index (χ0n) is 17.5. The van der Waals surface area contributed by atoms with E-state index in [1.54, 1.807) is 0 Å². The van der Waals surface area contributed by atoms with E-state index in [9.17, 15) is 4.79 Å². The van der Waals surface area contributed by atoms with Gasteiger partial charge in [-0.25, -0.2) is 0 Å². The number of carbonyl (C=O) groups excluding carboxylic acids is 1. The molecule has 0 aliphatic heterocycles. The lowest BCUT2D eigenvalue weighted by Crippen LogP contribution is -1.91. The molecule has 0 atom stereocenters. The molecule has 0 aliphatic carbocycles. The minimum absolute atomic E-state index is 0.604. The Bertz CT molecular complexity index is 1460. The van der Waals surface area contributed by atoms with Crippen molar-refractivity contribution in [2.75, 3.05) is 0 Å². The second-order valence-electron chi connectivity index (χ2n) is 7.65. The highest BCUT2D eigenvalue weighted by molar-refractivity contribution is 5.99. The van der Waals surface area contributed by atoms with Crippen LogP contribution in [0.4, 0.5) is 0 Å². The Labute approximate surface area is 188 Å². The van der Waals surface area contributed by atoms with E-state index in [0.717, 1.165) is 50.4 Å². The van der Waals surface area contributed by atoms with Crippen LogP contribution in [-0.2, 0) is 0 Å². The average Bonchev–Trinajstić information content (AvgIpc) is 2.87. The van der Waals surface area contributed by atoms with E-state index >= 15 is 0 Å². The Kier molecular flexibility index (Phi) is 5.35. The van der Waals surface area contributed by atoms with Gasteiger partial charge >= 0.3 is 0 Å². The number of hydrogen-bond acceptors (Lipinski definition) is 1. The van der Waals surface area contributed by atoms with Crippen LogP contribution in [0.3, 0.4) is 0 Å². The summed E-state index contributed by atoms with van der Waals surface area (Å²) in [6.45, 7) is 0. The third-order valence-corrected chi connectivity index (χ3v) is 5.56. The standard InChI is InChI=1S/C31H20O/c32-22-29-19-28-21-31(25-14-8-3-9-15-25)30(24-12-6-2-7-13-24)20-27(28)18-26(29)17-16-23-10-4-1-5-11-23/h1-15,18-22H. The summed E-state index contributed by atoms with van der Waals surface area (Å²) in [4.78, 5) is 11.9. The number of benzene rings is 5. The molecule has 5 rings (SSSR count). The summed E-state index contributed by atoms with van der Waals surface area (Å²) in [5, 5.41) is 2.09. The second-order valence-corrected chi connectivity index (χ2v) is 7.65. The highest BCUT2D eigenvalue weighted by Crippen LogP contribution is 2.36. The van der Waals surface area contributed by atoms with E-state index in [-0.39, 0.29) is 0 Å². The maximum atomic E-state index is 11.9. The summed E-state index contributed by atoms with van der Waals surface area (Å²) in [5.41, 5.74) is 6.87. The Morgan fingerprint density at radius 1 is 0.531 bits per heavy atom. The Morgan fingerprint density at radius 2 is 1.03 bits per heavy atom. The molecule has 0 saturated heterocycles. The van der Waals surface area contributed by atoms with Crippen molar-refractivity contribution in [1.29, 1.82) is 0 Å². The smallest absolute Gasteiger partial charge is 0.151 e. The molecular weight excluding hydrogens is 388 g/mol. The molecule has 0 bridgehead atoms. The summed E-state index contributed by atoms with van der Waals surface area (Å²) in [5.74, 6) is 6.37. The molecule has 0 unspecified atom stereocenters. The van der Waals surface area contributed by atoms with Gasteiger partial charge in [0.15, 0.2) is 6.29 Å². The molecule has 0 spiro atoms. The normalized spacial score (nSPS) is 10.4. The van der Waals surface area contributed by atoms with Crippen molar-refractivity contribution in [2.24, 2.45) is 0 Å². The third-order valence-electron chi connectivity index (χ3n) is 5.56. The molecule has 0 aliphatic rings. The Morgan fingerprint density at radius 3 is 1.56 bits per heavy atom. The van der Waals surface area contributed by atoms with Crippen LogP contribution in [0.25, 0.3) is 33.0 Å². The first-order valence-electron chi connectivity index (χ1n) is 10.6. The zero-order valence-corrected chi connectivity index (χ0v) is 17.5. The maximum Gasteiger partial charge on any atom is 0.151 e. The Balaban J connectivity index is 1.73. The number of aldehydes is 1. The van der Waals surface area contributed by atoms with Crippen molar-refractivity contribution in [3.63, 3.8) is 0 Å². The van der Waals surface area contributed by atoms with E-state index in [0.29, 0.717) is 5.56 Å². The van der Waals surface area contributed by atoms with E-state index in [1.165, 1.54) is 0 Å². The topological polar surface area (TPSA) is 17.1 Å². The van der Waals surface area contributed by atoms with Gasteiger partial charge in [-0.2, -0.15) is 0 Å². The minimum atomic E-state index is 0.604. The minimum Gasteiger partial charge on any atom is -0.298 e. The fourth-order valence-corrected chi connectivity index (χ4v) is 3.95. The molecule has 1 heteroatoms. The molecule has 0 N–H and O–H groups in total. The molecule has 0 aromatic heterocycles. The molecule has 0 amide bonds. The van der Waals surface area contributed by atoms with Gasteiger partial charge in [0.2, 0.25) is 0 Å². The van der Waals surface area contributed by atoms with Crippen molar-refractivity contribution in [2.45, 2.75) is 0 Å². The van der Waals surface area contributed by atoms with Gasteiger partial charge in [-0.1, -0.05) is 90.7 Å². The van der Waals surface area contributed by atoms with E-state index in [2.05, 4.69) is 60.4 Å². The van der Waals surface area contributed by atoms with Crippen LogP contribution in [0.5, 0.6) is 0 Å². The van der Waals surface area contributed by atoms with Crippen molar-refractivity contribution in [3.8, 4) is 34.1 Å². The molecule has 150 valence electrons. The van der Waals surface area contributed by atoms with Crippen LogP contribution in [0.15, 0.2) is 115 Å². The van der Waals surface area contributed by atoms with Crippen LogP contribution in [0.2, 0.25) is 0 Å². The van der Waals surface area contributed by atoms with E-state index in [4.69, 9.17) is 0 Å². The summed E-state index contributed by atoms with van der Waals surface area (Å²) >= 11 is 0. The van der Waals surface area contributed by atoms with Gasteiger partial charge in [0.05, 0.1) is 0 Å². The molecule has 5 aromatic rings. The molecule has 0 saturated carbocycles. The van der Waals surface area contributed by atoms with Crippen molar-refractivity contribution in [3.05, 3.63) is 132 Å². The van der Waals surface area contributed by atoms with Crippen molar-refractivity contribution >= 4 is 17.1 Å². The van der Waals surface area contributed by atoms with E-state index in [1.807, 2.05) is 66.7 Å². The first-order valence-corrected chi connectivity index (χ1v) is 10.6. The van der Waals surface area contributed by atoms with Gasteiger partial charge in [0.1, 0.15) is 0 Å². The predicted octanol–water partition coefficient (Wildman–Crippen LogP) is 7.39. The SMILES string of the molecule is O=Cc1cc2cc(-c3ccccc3)c(-c3ccccc3)cc2cc1C#Cc1ccccc1. The summed E-state index contributed by atoms with van der Waals surface area (Å²) < 4.78 is 0. The molecule has 0 radical (unpaired) electrons. The summed E-state index contributed by atoms with van der Waals surface area (Å²) in [6, 6.07) is 38.9. The van der Waals surface area contributed by atoms with E-state index < -0.39 is 0 Å². The monoisotopic (exact) mass is 408 g/mol. The molecule has 1 nitrogen and oxygen atoms in total. The average molecular weight is 409 g/mol. The van der Waals surface area contributed by atoms with Crippen LogP contribution in [0.1, 0.15) is 21.5 Å². The van der Waals surface area contributed by atoms with Crippen molar-refractivity contribution in [1.82, 2.24) is 0 Å². The first-order chi connectivity index (χ1) is 15.8. The van der Waals surface area contributed by atoms with Gasteiger partial charge in [-0.3, -0.25) is 4.79 Å². The number of fused-ring (bicyclic) bond motifs is 1. The van der Waals surface area contributed by atoms with Crippen LogP contribution >= 0.6 is 0 Å². The largest absolute Gasteiger partial charge is 0.298 e. The lowest BCUT2D eigenvalue weighted by Gasteiger charge is -2.13. The molecule has 32 heavy (non-hydrogen) atoms. The van der Waals surface area contributed by atoms with Gasteiger partial charge in [-0.15, -0.1) is 0 Å². The highest BCUT2D eigenvalue weighted by atomic mass is 16.1.